The number of amides is 1. The van der Waals surface area contributed by atoms with E-state index in [1.165, 1.54) is 7.11 Å². The molecule has 2 aromatic rings. The highest BCUT2D eigenvalue weighted by Crippen LogP contribution is 2.64. The molecule has 150 valence electrons. The summed E-state index contributed by atoms with van der Waals surface area (Å²) in [6.45, 7) is 4.07. The smallest absolute Gasteiger partial charge is 0.229 e. The number of rotatable bonds is 6. The van der Waals surface area contributed by atoms with Crippen LogP contribution >= 0.6 is 11.6 Å². The number of carbonyl (C=O) groups is 1. The van der Waals surface area contributed by atoms with Crippen molar-refractivity contribution < 1.29 is 17.9 Å². The molecule has 0 bridgehead atoms. The molecule has 1 aliphatic carbocycles. The number of sulfonamides is 1. The van der Waals surface area contributed by atoms with E-state index in [9.17, 15) is 13.2 Å². The Hall–Kier alpha value is -2.25. The second-order valence-electron chi connectivity index (χ2n) is 7.58. The Bertz CT molecular complexity index is 1000. The zero-order valence-electron chi connectivity index (χ0n) is 16.1. The van der Waals surface area contributed by atoms with Gasteiger partial charge in [-0.25, -0.2) is 8.42 Å². The maximum absolute atomic E-state index is 12.9. The Labute approximate surface area is 170 Å². The molecule has 0 spiro atoms. The first-order valence-electron chi connectivity index (χ1n) is 8.75. The van der Waals surface area contributed by atoms with Crippen LogP contribution < -0.4 is 14.8 Å². The van der Waals surface area contributed by atoms with Crippen LogP contribution in [0.1, 0.15) is 25.3 Å². The average Bonchev–Trinajstić information content (AvgIpc) is 3.18. The topological polar surface area (TPSA) is 84.5 Å². The van der Waals surface area contributed by atoms with E-state index in [1.807, 2.05) is 26.0 Å². The van der Waals surface area contributed by atoms with Crippen molar-refractivity contribution in [2.45, 2.75) is 19.8 Å². The summed E-state index contributed by atoms with van der Waals surface area (Å²) in [6, 6.07) is 12.3. The van der Waals surface area contributed by atoms with Gasteiger partial charge < -0.3 is 10.1 Å². The van der Waals surface area contributed by atoms with Gasteiger partial charge in [0.15, 0.2) is 0 Å². The van der Waals surface area contributed by atoms with Gasteiger partial charge in [0.25, 0.3) is 0 Å². The third kappa shape index (κ3) is 4.10. The Morgan fingerprint density at radius 1 is 1.14 bits per heavy atom. The number of hydrogen-bond acceptors (Lipinski definition) is 4. The van der Waals surface area contributed by atoms with Crippen LogP contribution in [0.5, 0.6) is 5.75 Å². The van der Waals surface area contributed by atoms with E-state index in [4.69, 9.17) is 16.3 Å². The lowest BCUT2D eigenvalue weighted by molar-refractivity contribution is -0.118. The van der Waals surface area contributed by atoms with Gasteiger partial charge in [0.2, 0.25) is 15.9 Å². The van der Waals surface area contributed by atoms with E-state index in [0.29, 0.717) is 22.1 Å². The number of halogens is 1. The predicted octanol–water partition coefficient (Wildman–Crippen LogP) is 4.10. The Balaban J connectivity index is 1.78. The van der Waals surface area contributed by atoms with Crippen LogP contribution in [-0.4, -0.2) is 27.7 Å². The van der Waals surface area contributed by atoms with E-state index in [1.54, 1.807) is 30.3 Å². The normalized spacial score (nSPS) is 20.3. The van der Waals surface area contributed by atoms with E-state index in [0.717, 1.165) is 11.8 Å². The molecule has 0 aromatic heterocycles. The molecular weight excluding hydrogens is 400 g/mol. The van der Waals surface area contributed by atoms with Crippen LogP contribution in [0, 0.1) is 11.3 Å². The van der Waals surface area contributed by atoms with Crippen molar-refractivity contribution in [3.05, 3.63) is 53.1 Å². The van der Waals surface area contributed by atoms with Crippen molar-refractivity contribution in [3.63, 3.8) is 0 Å². The van der Waals surface area contributed by atoms with Crippen molar-refractivity contribution in [2.75, 3.05) is 23.4 Å². The first-order chi connectivity index (χ1) is 13.0. The molecule has 2 unspecified atom stereocenters. The van der Waals surface area contributed by atoms with Crippen molar-refractivity contribution in [1.82, 2.24) is 0 Å². The molecule has 1 aliphatic rings. The van der Waals surface area contributed by atoms with Gasteiger partial charge in [-0.15, -0.1) is 0 Å². The Morgan fingerprint density at radius 3 is 2.36 bits per heavy atom. The maximum Gasteiger partial charge on any atom is 0.229 e. The molecule has 0 aliphatic heterocycles. The molecule has 2 atom stereocenters. The van der Waals surface area contributed by atoms with Gasteiger partial charge >= 0.3 is 0 Å². The van der Waals surface area contributed by atoms with E-state index in [-0.39, 0.29) is 23.2 Å². The third-order valence-electron chi connectivity index (χ3n) is 5.13. The van der Waals surface area contributed by atoms with Crippen molar-refractivity contribution in [3.8, 4) is 5.75 Å². The van der Waals surface area contributed by atoms with E-state index in [2.05, 4.69) is 10.0 Å². The molecule has 2 N–H and O–H groups in total. The summed E-state index contributed by atoms with van der Waals surface area (Å²) in [5.41, 5.74) is 1.71. The van der Waals surface area contributed by atoms with Gasteiger partial charge in [0, 0.05) is 11.6 Å². The first-order valence-corrected chi connectivity index (χ1v) is 11.0. The van der Waals surface area contributed by atoms with Gasteiger partial charge in [-0.1, -0.05) is 43.6 Å². The summed E-state index contributed by atoms with van der Waals surface area (Å²) in [4.78, 5) is 12.9. The van der Waals surface area contributed by atoms with E-state index < -0.39 is 10.0 Å². The summed E-state index contributed by atoms with van der Waals surface area (Å²) >= 11 is 6.22. The molecular formula is C20H23ClN2O4S. The molecule has 6 nitrogen and oxygen atoms in total. The molecule has 3 rings (SSSR count). The largest absolute Gasteiger partial charge is 0.495 e. The minimum Gasteiger partial charge on any atom is -0.495 e. The molecule has 0 radical (unpaired) electrons. The molecule has 0 heterocycles. The second kappa shape index (κ2) is 7.29. The second-order valence-corrected chi connectivity index (χ2v) is 9.73. The van der Waals surface area contributed by atoms with Crippen LogP contribution in [0.15, 0.2) is 42.5 Å². The monoisotopic (exact) mass is 422 g/mol. The molecule has 2 aromatic carbocycles. The lowest BCUT2D eigenvalue weighted by Gasteiger charge is -2.12. The Morgan fingerprint density at radius 2 is 1.79 bits per heavy atom. The molecule has 8 heteroatoms. The molecule has 1 fully saturated rings. The van der Waals surface area contributed by atoms with Gasteiger partial charge in [0.05, 0.1) is 24.3 Å². The molecule has 0 saturated heterocycles. The summed E-state index contributed by atoms with van der Waals surface area (Å²) in [5.74, 6) is 0.169. The number of hydrogen-bond donors (Lipinski definition) is 2. The SMILES string of the molecule is COc1cccc(Cl)c1NC(=O)C1C(c2ccc(NS(C)(=O)=O)cc2)C1(C)C. The predicted molar refractivity (Wildman–Crippen MR) is 112 cm³/mol. The number of methoxy groups -OCH3 is 1. The number of nitrogens with one attached hydrogen (secondary N) is 2. The lowest BCUT2D eigenvalue weighted by Crippen LogP contribution is -2.17. The zero-order chi connectivity index (χ0) is 20.7. The van der Waals surface area contributed by atoms with Crippen LogP contribution in [0.4, 0.5) is 11.4 Å². The van der Waals surface area contributed by atoms with Crippen molar-refractivity contribution >= 4 is 38.9 Å². The highest BCUT2D eigenvalue weighted by atomic mass is 35.5. The summed E-state index contributed by atoms with van der Waals surface area (Å²) in [6.07, 6.45) is 1.11. The number of para-hydroxylation sites is 1. The summed E-state index contributed by atoms with van der Waals surface area (Å²) < 4.78 is 30.4. The summed E-state index contributed by atoms with van der Waals surface area (Å²) in [7, 11) is -1.80. The molecule has 28 heavy (non-hydrogen) atoms. The number of ether oxygens (including phenoxy) is 1. The van der Waals surface area contributed by atoms with Crippen LogP contribution in [-0.2, 0) is 14.8 Å². The van der Waals surface area contributed by atoms with Gasteiger partial charge in [0.1, 0.15) is 11.4 Å². The minimum atomic E-state index is -3.33. The Kier molecular flexibility index (Phi) is 5.34. The zero-order valence-corrected chi connectivity index (χ0v) is 17.7. The minimum absolute atomic E-state index is 0.0215. The quantitative estimate of drug-likeness (QED) is 0.734. The fraction of sp³-hybridized carbons (Fsp3) is 0.350. The standard InChI is InChI=1S/C20H23ClN2O4S/c1-20(2)16(12-8-10-13(11-9-12)23-28(4,25)26)17(20)19(24)22-18-14(21)6-5-7-15(18)27-3/h5-11,16-17,23H,1-4H3,(H,22,24). The van der Waals surface area contributed by atoms with Crippen molar-refractivity contribution in [1.29, 1.82) is 0 Å². The first kappa shape index (κ1) is 20.5. The lowest BCUT2D eigenvalue weighted by atomic mass is 10.0. The van der Waals surface area contributed by atoms with E-state index >= 15 is 0 Å². The van der Waals surface area contributed by atoms with Gasteiger partial charge in [-0.05, 0) is 35.2 Å². The van der Waals surface area contributed by atoms with Gasteiger partial charge in [-0.3, -0.25) is 9.52 Å². The number of carbonyl (C=O) groups excluding carboxylic acids is 1. The highest BCUT2D eigenvalue weighted by molar-refractivity contribution is 7.92. The fourth-order valence-corrected chi connectivity index (χ4v) is 4.50. The third-order valence-corrected chi connectivity index (χ3v) is 6.05. The number of benzene rings is 2. The van der Waals surface area contributed by atoms with Crippen LogP contribution in [0.3, 0.4) is 0 Å². The summed E-state index contributed by atoms with van der Waals surface area (Å²) in [5, 5.41) is 3.32. The number of anilines is 2. The van der Waals surface area contributed by atoms with Gasteiger partial charge in [-0.2, -0.15) is 0 Å². The molecule has 1 saturated carbocycles. The van der Waals surface area contributed by atoms with Crippen LogP contribution in [0.2, 0.25) is 5.02 Å². The van der Waals surface area contributed by atoms with Crippen LogP contribution in [0.25, 0.3) is 0 Å². The average molecular weight is 423 g/mol. The fourth-order valence-electron chi connectivity index (χ4n) is 3.72. The van der Waals surface area contributed by atoms with Crippen molar-refractivity contribution in [2.24, 2.45) is 11.3 Å². The maximum atomic E-state index is 12.9. The highest BCUT2D eigenvalue weighted by Gasteiger charge is 2.62. The molecule has 1 amide bonds.